The molecule has 0 spiro atoms. The molecular weight excluding hydrogens is 344 g/mol. The highest BCUT2D eigenvalue weighted by Gasteiger charge is 2.16. The van der Waals surface area contributed by atoms with Crippen molar-refractivity contribution >= 4 is 22.3 Å². The monoisotopic (exact) mass is 362 g/mol. The van der Waals surface area contributed by atoms with Gasteiger partial charge in [0.1, 0.15) is 11.6 Å². The zero-order valence-corrected chi connectivity index (χ0v) is 15.0. The molecule has 0 N–H and O–H groups in total. The highest BCUT2D eigenvalue weighted by molar-refractivity contribution is 5.98. The normalized spacial score (nSPS) is 11.2. The maximum atomic E-state index is 12.9. The number of carbonyl (C=O) groups excluding carboxylic acids is 1. The van der Waals surface area contributed by atoms with E-state index in [1.54, 1.807) is 31.2 Å². The van der Waals surface area contributed by atoms with Crippen LogP contribution in [0.15, 0.2) is 53.3 Å². The summed E-state index contributed by atoms with van der Waals surface area (Å²) in [4.78, 5) is 30.0. The van der Waals surface area contributed by atoms with Crippen LogP contribution in [0.25, 0.3) is 16.6 Å². The number of aromatic nitrogens is 4. The Labute approximate surface area is 154 Å². The van der Waals surface area contributed by atoms with E-state index in [0.717, 1.165) is 5.39 Å². The van der Waals surface area contributed by atoms with Crippen LogP contribution in [-0.4, -0.2) is 31.6 Å². The fourth-order valence-corrected chi connectivity index (χ4v) is 3.13. The maximum Gasteiger partial charge on any atom is 0.351 e. The molecule has 0 atom stereocenters. The predicted octanol–water partition coefficient (Wildman–Crippen LogP) is 2.63. The van der Waals surface area contributed by atoms with Crippen molar-refractivity contribution in [1.29, 1.82) is 0 Å². The summed E-state index contributed by atoms with van der Waals surface area (Å²) in [6.07, 6.45) is 0. The maximum absolute atomic E-state index is 12.9. The largest absolute Gasteiger partial charge is 0.494 e. The van der Waals surface area contributed by atoms with Gasteiger partial charge in [-0.25, -0.2) is 9.78 Å². The number of aryl methyl sites for hydroxylation is 1. The first kappa shape index (κ1) is 17.0. The lowest BCUT2D eigenvalue weighted by molar-refractivity contribution is 0.0971. The van der Waals surface area contributed by atoms with Gasteiger partial charge >= 0.3 is 5.69 Å². The van der Waals surface area contributed by atoms with Crippen molar-refractivity contribution < 1.29 is 9.53 Å². The van der Waals surface area contributed by atoms with Crippen LogP contribution in [0.1, 0.15) is 23.1 Å². The van der Waals surface area contributed by atoms with Gasteiger partial charge in [-0.05, 0) is 50.2 Å². The Morgan fingerprint density at radius 2 is 1.85 bits per heavy atom. The van der Waals surface area contributed by atoms with E-state index in [1.807, 2.05) is 31.2 Å². The first-order valence-electron chi connectivity index (χ1n) is 8.69. The summed E-state index contributed by atoms with van der Waals surface area (Å²) in [6.45, 7) is 4.11. The van der Waals surface area contributed by atoms with Crippen molar-refractivity contribution in [3.63, 3.8) is 0 Å². The minimum atomic E-state index is -0.386. The summed E-state index contributed by atoms with van der Waals surface area (Å²) in [5, 5.41) is 4.96. The molecule has 0 aliphatic carbocycles. The second-order valence-electron chi connectivity index (χ2n) is 6.16. The van der Waals surface area contributed by atoms with Crippen LogP contribution in [0.4, 0.5) is 0 Å². The van der Waals surface area contributed by atoms with Gasteiger partial charge in [-0.2, -0.15) is 4.52 Å². The zero-order chi connectivity index (χ0) is 19.0. The van der Waals surface area contributed by atoms with Crippen molar-refractivity contribution in [3.05, 3.63) is 70.4 Å². The number of benzene rings is 2. The molecule has 0 saturated carbocycles. The van der Waals surface area contributed by atoms with Crippen LogP contribution in [0, 0.1) is 6.92 Å². The number of rotatable bonds is 5. The van der Waals surface area contributed by atoms with E-state index in [-0.39, 0.29) is 18.0 Å². The fourth-order valence-electron chi connectivity index (χ4n) is 3.13. The van der Waals surface area contributed by atoms with Crippen LogP contribution >= 0.6 is 0 Å². The van der Waals surface area contributed by atoms with Crippen molar-refractivity contribution in [2.24, 2.45) is 0 Å². The Hall–Kier alpha value is -3.48. The number of para-hydroxylation sites is 1. The third-order valence-electron chi connectivity index (χ3n) is 4.35. The number of fused-ring (bicyclic) bond motifs is 3. The first-order chi connectivity index (χ1) is 13.1. The quantitative estimate of drug-likeness (QED) is 0.510. The number of Topliss-reactive ketones (excluding diaryl/α,β-unsaturated/α-hetero) is 1. The molecule has 0 bridgehead atoms. The molecule has 0 radical (unpaired) electrons. The number of ketones is 1. The van der Waals surface area contributed by atoms with Gasteiger partial charge in [0.05, 0.1) is 18.7 Å². The third-order valence-corrected chi connectivity index (χ3v) is 4.35. The molecular formula is C20H18N4O3. The van der Waals surface area contributed by atoms with Crippen molar-refractivity contribution in [2.75, 3.05) is 6.61 Å². The van der Waals surface area contributed by atoms with Crippen molar-refractivity contribution in [1.82, 2.24) is 19.2 Å². The van der Waals surface area contributed by atoms with Crippen LogP contribution in [0.3, 0.4) is 0 Å². The Kier molecular flexibility index (Phi) is 4.19. The van der Waals surface area contributed by atoms with Gasteiger partial charge in [-0.3, -0.25) is 9.36 Å². The van der Waals surface area contributed by atoms with Crippen LogP contribution < -0.4 is 10.4 Å². The van der Waals surface area contributed by atoms with Gasteiger partial charge in [0.15, 0.2) is 11.4 Å². The minimum Gasteiger partial charge on any atom is -0.494 e. The molecule has 2 heterocycles. The molecule has 0 fully saturated rings. The van der Waals surface area contributed by atoms with Gasteiger partial charge in [0.25, 0.3) is 0 Å². The SMILES string of the molecule is CCOc1ccc(C(=O)Cn2c(=O)n3nc(C)nc3c3ccccc32)cc1. The molecule has 7 heteroatoms. The van der Waals surface area contributed by atoms with Gasteiger partial charge in [-0.15, -0.1) is 5.10 Å². The van der Waals surface area contributed by atoms with Gasteiger partial charge < -0.3 is 4.74 Å². The molecule has 136 valence electrons. The summed E-state index contributed by atoms with van der Waals surface area (Å²) < 4.78 is 8.09. The molecule has 0 amide bonds. The molecule has 0 saturated heterocycles. The van der Waals surface area contributed by atoms with E-state index in [0.29, 0.717) is 34.9 Å². The van der Waals surface area contributed by atoms with E-state index in [2.05, 4.69) is 10.1 Å². The smallest absolute Gasteiger partial charge is 0.351 e. The Balaban J connectivity index is 1.79. The number of hydrogen-bond acceptors (Lipinski definition) is 5. The van der Waals surface area contributed by atoms with E-state index < -0.39 is 0 Å². The van der Waals surface area contributed by atoms with E-state index in [9.17, 15) is 9.59 Å². The summed E-state index contributed by atoms with van der Waals surface area (Å²) in [7, 11) is 0. The van der Waals surface area contributed by atoms with Crippen LogP contribution in [-0.2, 0) is 6.54 Å². The summed E-state index contributed by atoms with van der Waals surface area (Å²) in [5.41, 5.74) is 1.28. The topological polar surface area (TPSA) is 78.5 Å². The molecule has 0 aliphatic heterocycles. The lowest BCUT2D eigenvalue weighted by Gasteiger charge is -2.11. The Morgan fingerprint density at radius 3 is 2.59 bits per heavy atom. The molecule has 2 aromatic heterocycles. The predicted molar refractivity (Wildman–Crippen MR) is 101 cm³/mol. The highest BCUT2D eigenvalue weighted by Crippen LogP contribution is 2.18. The molecule has 27 heavy (non-hydrogen) atoms. The van der Waals surface area contributed by atoms with Gasteiger partial charge in [-0.1, -0.05) is 12.1 Å². The summed E-state index contributed by atoms with van der Waals surface area (Å²) >= 11 is 0. The first-order valence-corrected chi connectivity index (χ1v) is 8.69. The summed E-state index contributed by atoms with van der Waals surface area (Å²) in [6, 6.07) is 14.3. The Morgan fingerprint density at radius 1 is 1.11 bits per heavy atom. The fraction of sp³-hybridized carbons (Fsp3) is 0.200. The molecule has 4 aromatic rings. The third kappa shape index (κ3) is 2.97. The minimum absolute atomic E-state index is 0.0812. The lowest BCUT2D eigenvalue weighted by Crippen LogP contribution is -2.30. The van der Waals surface area contributed by atoms with Crippen LogP contribution in [0.5, 0.6) is 5.75 Å². The number of ether oxygens (including phenoxy) is 1. The van der Waals surface area contributed by atoms with Crippen molar-refractivity contribution in [3.8, 4) is 5.75 Å². The van der Waals surface area contributed by atoms with E-state index in [4.69, 9.17) is 4.74 Å². The second kappa shape index (κ2) is 6.68. The molecule has 7 nitrogen and oxygen atoms in total. The number of nitrogens with zero attached hydrogens (tertiary/aromatic N) is 4. The van der Waals surface area contributed by atoms with Crippen molar-refractivity contribution in [2.45, 2.75) is 20.4 Å². The standard InChI is InChI=1S/C20H18N4O3/c1-3-27-15-10-8-14(9-11-15)18(25)12-23-17-7-5-4-6-16(17)19-21-13(2)22-24(19)20(23)26/h4-11H,3,12H2,1-2H3. The summed E-state index contributed by atoms with van der Waals surface area (Å²) in [5.74, 6) is 1.05. The second-order valence-corrected chi connectivity index (χ2v) is 6.16. The van der Waals surface area contributed by atoms with Gasteiger partial charge in [0.2, 0.25) is 0 Å². The van der Waals surface area contributed by atoms with Crippen LogP contribution in [0.2, 0.25) is 0 Å². The zero-order valence-electron chi connectivity index (χ0n) is 15.0. The molecule has 0 unspecified atom stereocenters. The number of hydrogen-bond donors (Lipinski definition) is 0. The van der Waals surface area contributed by atoms with E-state index >= 15 is 0 Å². The molecule has 4 rings (SSSR count). The average molecular weight is 362 g/mol. The molecule has 2 aromatic carbocycles. The van der Waals surface area contributed by atoms with E-state index in [1.165, 1.54) is 9.08 Å². The highest BCUT2D eigenvalue weighted by atomic mass is 16.5. The molecule has 0 aliphatic rings. The number of carbonyl (C=O) groups is 1. The Bertz CT molecular complexity index is 1210. The average Bonchev–Trinajstić information content (AvgIpc) is 3.08. The lowest BCUT2D eigenvalue weighted by atomic mass is 10.1. The van der Waals surface area contributed by atoms with Gasteiger partial charge in [0, 0.05) is 10.9 Å².